The van der Waals surface area contributed by atoms with E-state index in [0.29, 0.717) is 18.5 Å². The summed E-state index contributed by atoms with van der Waals surface area (Å²) in [6.45, 7) is 2.42. The highest BCUT2D eigenvalue weighted by Gasteiger charge is 2.31. The number of aromatic amines is 1. The number of aromatic nitrogens is 2. The zero-order valence-electron chi connectivity index (χ0n) is 36.0. The molecular weight excluding hydrogens is 773 g/mol. The second-order valence-electron chi connectivity index (χ2n) is 15.8. The fraction of sp³-hybridized carbons (Fsp3) is 0.543. The maximum Gasteiger partial charge on any atom is 0.243 e. The quantitative estimate of drug-likeness (QED) is 0.0254. The number of H-pyrrole nitrogens is 1. The van der Waals surface area contributed by atoms with Gasteiger partial charge in [-0.2, -0.15) is 0 Å². The number of primary amides is 1. The number of nitrogens with one attached hydrogen (secondary N) is 5. The summed E-state index contributed by atoms with van der Waals surface area (Å²) in [5.74, 6) is -2.97. The summed E-state index contributed by atoms with van der Waals surface area (Å²) in [5.41, 5.74) is 18.9. The minimum absolute atomic E-state index is 0.0857. The number of aliphatic imine (C=N–C) groups is 1. The number of guanidine groups is 1. The summed E-state index contributed by atoms with van der Waals surface area (Å²) < 4.78 is 0. The van der Waals surface area contributed by atoms with Crippen LogP contribution in [-0.2, 0) is 43.2 Å². The van der Waals surface area contributed by atoms with Gasteiger partial charge in [-0.3, -0.25) is 29.0 Å². The van der Waals surface area contributed by atoms with Gasteiger partial charge in [0.2, 0.25) is 29.5 Å². The Morgan fingerprint density at radius 3 is 1.57 bits per heavy atom. The van der Waals surface area contributed by atoms with E-state index in [0.717, 1.165) is 30.4 Å². The fourth-order valence-corrected chi connectivity index (χ4v) is 7.12. The maximum absolute atomic E-state index is 14.2. The molecule has 334 valence electrons. The number of nitrogens with zero attached hydrogens (tertiary/aromatic N) is 2. The van der Waals surface area contributed by atoms with Crippen LogP contribution in [0.15, 0.2) is 78.2 Å². The fourth-order valence-electron chi connectivity index (χ4n) is 7.12. The van der Waals surface area contributed by atoms with Crippen LogP contribution in [0.5, 0.6) is 0 Å². The third-order valence-electron chi connectivity index (χ3n) is 10.6. The lowest BCUT2D eigenvalue weighted by atomic mass is 10.0. The first-order valence-electron chi connectivity index (χ1n) is 22.2. The van der Waals surface area contributed by atoms with Crippen LogP contribution in [0, 0.1) is 0 Å². The van der Waals surface area contributed by atoms with E-state index < -0.39 is 47.8 Å². The van der Waals surface area contributed by atoms with Crippen molar-refractivity contribution in [2.75, 3.05) is 6.54 Å². The van der Waals surface area contributed by atoms with Gasteiger partial charge in [0.15, 0.2) is 5.96 Å². The summed E-state index contributed by atoms with van der Waals surface area (Å²) in [7, 11) is 0. The Bertz CT molecular complexity index is 1740. The van der Waals surface area contributed by atoms with E-state index in [1.807, 2.05) is 60.7 Å². The molecule has 1 heterocycles. The summed E-state index contributed by atoms with van der Waals surface area (Å²) in [5, 5.41) is 11.2. The van der Waals surface area contributed by atoms with Crippen LogP contribution in [0.3, 0.4) is 0 Å². The third kappa shape index (κ3) is 21.4. The maximum atomic E-state index is 14.2. The summed E-state index contributed by atoms with van der Waals surface area (Å²) in [6, 6.07) is 13.9. The number of unbranched alkanes of at least 4 members (excludes halogenated alkanes) is 12. The molecule has 0 saturated carbocycles. The summed E-state index contributed by atoms with van der Waals surface area (Å²) >= 11 is 0. The van der Waals surface area contributed by atoms with Gasteiger partial charge in [-0.1, -0.05) is 145 Å². The van der Waals surface area contributed by atoms with Crippen LogP contribution >= 0.6 is 0 Å². The monoisotopic (exact) mass is 843 g/mol. The Hall–Kier alpha value is -5.73. The van der Waals surface area contributed by atoms with Gasteiger partial charge < -0.3 is 43.5 Å². The number of rotatable bonds is 32. The Kier molecular flexibility index (Phi) is 24.0. The molecule has 11 N–H and O–H groups in total. The summed E-state index contributed by atoms with van der Waals surface area (Å²) in [4.78, 5) is 78.8. The minimum atomic E-state index is -1.15. The smallest absolute Gasteiger partial charge is 0.243 e. The molecule has 15 nitrogen and oxygen atoms in total. The molecule has 0 bridgehead atoms. The lowest BCUT2D eigenvalue weighted by Crippen LogP contribution is -2.59. The molecule has 0 aliphatic heterocycles. The van der Waals surface area contributed by atoms with Crippen LogP contribution < -0.4 is 38.5 Å². The first kappa shape index (κ1) is 49.6. The molecule has 0 unspecified atom stereocenters. The highest BCUT2D eigenvalue weighted by molar-refractivity contribution is 5.95. The number of hydrogen-bond acceptors (Lipinski definition) is 7. The molecule has 0 saturated heterocycles. The first-order chi connectivity index (χ1) is 29.5. The molecule has 2 aromatic carbocycles. The van der Waals surface area contributed by atoms with E-state index in [-0.39, 0.29) is 50.5 Å². The number of amides is 5. The Morgan fingerprint density at radius 2 is 1.07 bits per heavy atom. The van der Waals surface area contributed by atoms with Crippen molar-refractivity contribution < 1.29 is 24.0 Å². The van der Waals surface area contributed by atoms with E-state index in [4.69, 9.17) is 17.2 Å². The van der Waals surface area contributed by atoms with E-state index in [1.54, 1.807) is 6.20 Å². The Morgan fingerprint density at radius 1 is 0.590 bits per heavy atom. The van der Waals surface area contributed by atoms with Crippen molar-refractivity contribution in [3.63, 3.8) is 0 Å². The molecule has 0 fully saturated rings. The van der Waals surface area contributed by atoms with Crippen LogP contribution in [0.1, 0.15) is 126 Å². The number of benzene rings is 2. The molecule has 15 heteroatoms. The average Bonchev–Trinajstić information content (AvgIpc) is 3.76. The van der Waals surface area contributed by atoms with Gasteiger partial charge in [-0.25, -0.2) is 4.98 Å². The van der Waals surface area contributed by atoms with Gasteiger partial charge in [0.1, 0.15) is 24.2 Å². The second-order valence-corrected chi connectivity index (χ2v) is 15.8. The zero-order chi connectivity index (χ0) is 44.1. The lowest BCUT2D eigenvalue weighted by Gasteiger charge is -2.26. The van der Waals surface area contributed by atoms with Gasteiger partial charge in [0.25, 0.3) is 0 Å². The molecule has 61 heavy (non-hydrogen) atoms. The zero-order valence-corrected chi connectivity index (χ0v) is 36.0. The average molecular weight is 843 g/mol. The highest BCUT2D eigenvalue weighted by atomic mass is 16.2. The first-order valence-corrected chi connectivity index (χ1v) is 22.2. The van der Waals surface area contributed by atoms with Crippen LogP contribution in [-0.4, -0.2) is 76.2 Å². The topological polar surface area (TPSA) is 253 Å². The van der Waals surface area contributed by atoms with Gasteiger partial charge >= 0.3 is 0 Å². The van der Waals surface area contributed by atoms with Crippen LogP contribution in [0.4, 0.5) is 0 Å². The van der Waals surface area contributed by atoms with E-state index in [2.05, 4.69) is 43.2 Å². The van der Waals surface area contributed by atoms with E-state index in [9.17, 15) is 24.0 Å². The molecule has 4 atom stereocenters. The molecule has 1 aromatic heterocycles. The normalized spacial score (nSPS) is 12.9. The van der Waals surface area contributed by atoms with Gasteiger partial charge in [-0.05, 0) is 30.4 Å². The predicted octanol–water partition coefficient (Wildman–Crippen LogP) is 4.40. The van der Waals surface area contributed by atoms with Gasteiger partial charge in [0, 0.05) is 44.1 Å². The van der Waals surface area contributed by atoms with E-state index >= 15 is 0 Å². The van der Waals surface area contributed by atoms with Crippen molar-refractivity contribution in [1.82, 2.24) is 31.2 Å². The standard InChI is InChI=1S/C46H70N10O5/c1-2-3-4-5-6-7-8-9-10-11-12-13-20-27-41(57)53-40(31-36-32-50-33-52-36)45(61)56-39(30-35-24-18-15-19-25-35)44(60)54-37(26-21-28-51-46(48)49)43(59)55-38(42(47)58)29-34-22-16-14-17-23-34/h14-19,22-25,32-33,37-40H,2-13,20-21,26-31H2,1H3,(H2,47,58)(H,50,52)(H,53,57)(H,54,60)(H,55,59)(H,56,61)(H4,48,49,51)/t37-,38-,39+,40-/m0/s1. The molecule has 3 rings (SSSR count). The Labute approximate surface area is 361 Å². The number of hydrogen-bond donors (Lipinski definition) is 8. The molecular formula is C46H70N10O5. The van der Waals surface area contributed by atoms with Crippen LogP contribution in [0.25, 0.3) is 0 Å². The highest BCUT2D eigenvalue weighted by Crippen LogP contribution is 2.14. The number of carbonyl (C=O) groups is 5. The van der Waals surface area contributed by atoms with Gasteiger partial charge in [-0.15, -0.1) is 0 Å². The number of nitrogens with two attached hydrogens (primary N) is 3. The largest absolute Gasteiger partial charge is 0.370 e. The molecule has 3 aromatic rings. The van der Waals surface area contributed by atoms with Crippen molar-refractivity contribution in [3.05, 3.63) is 90.0 Å². The van der Waals surface area contributed by atoms with E-state index in [1.165, 1.54) is 64.1 Å². The van der Waals surface area contributed by atoms with Crippen molar-refractivity contribution in [3.8, 4) is 0 Å². The minimum Gasteiger partial charge on any atom is -0.370 e. The molecule has 0 spiro atoms. The molecule has 5 amide bonds. The Balaban J connectivity index is 1.67. The molecule has 0 radical (unpaired) electrons. The number of imidazole rings is 1. The predicted molar refractivity (Wildman–Crippen MR) is 240 cm³/mol. The summed E-state index contributed by atoms with van der Waals surface area (Å²) in [6.07, 6.45) is 19.6. The van der Waals surface area contributed by atoms with Crippen molar-refractivity contribution >= 4 is 35.5 Å². The SMILES string of the molecule is CCCCCCCCCCCCCCCC(=O)N[C@@H](Cc1cnc[nH]1)C(=O)N[C@H](Cc1ccccc1)C(=O)N[C@@H](CCCN=C(N)N)C(=O)N[C@@H](Cc1ccccc1)C(N)=O. The third-order valence-corrected chi connectivity index (χ3v) is 10.6. The number of carbonyl (C=O) groups excluding carboxylic acids is 5. The van der Waals surface area contributed by atoms with Crippen molar-refractivity contribution in [1.29, 1.82) is 0 Å². The van der Waals surface area contributed by atoms with Crippen molar-refractivity contribution in [2.24, 2.45) is 22.2 Å². The van der Waals surface area contributed by atoms with Crippen LogP contribution in [0.2, 0.25) is 0 Å². The second kappa shape index (κ2) is 29.5. The molecule has 0 aliphatic carbocycles. The van der Waals surface area contributed by atoms with Gasteiger partial charge in [0.05, 0.1) is 6.33 Å². The van der Waals surface area contributed by atoms with Crippen molar-refractivity contribution in [2.45, 2.75) is 153 Å². The molecule has 0 aliphatic rings. The lowest BCUT2D eigenvalue weighted by molar-refractivity contribution is -0.134.